The van der Waals surface area contributed by atoms with Gasteiger partial charge in [-0.25, -0.2) is 4.98 Å². The quantitative estimate of drug-likeness (QED) is 0.761. The Balaban J connectivity index is 1.78. The van der Waals surface area contributed by atoms with Crippen LogP contribution in [0.4, 0.5) is 5.95 Å². The van der Waals surface area contributed by atoms with Crippen molar-refractivity contribution in [1.29, 1.82) is 0 Å². The van der Waals surface area contributed by atoms with E-state index in [1.54, 1.807) is 0 Å². The highest BCUT2D eigenvalue weighted by atomic mass is 16.5. The van der Waals surface area contributed by atoms with Gasteiger partial charge in [-0.1, -0.05) is 18.2 Å². The summed E-state index contributed by atoms with van der Waals surface area (Å²) in [6.07, 6.45) is 1.47. The number of aromatic nitrogens is 5. The van der Waals surface area contributed by atoms with Gasteiger partial charge in [-0.05, 0) is 17.3 Å². The zero-order valence-electron chi connectivity index (χ0n) is 10.3. The van der Waals surface area contributed by atoms with Crippen LogP contribution in [0.1, 0.15) is 5.82 Å². The minimum absolute atomic E-state index is 0.500. The van der Waals surface area contributed by atoms with Gasteiger partial charge in [0.15, 0.2) is 0 Å². The molecule has 0 amide bonds. The van der Waals surface area contributed by atoms with E-state index in [2.05, 4.69) is 25.3 Å². The third kappa shape index (κ3) is 2.44. The molecule has 3 rings (SSSR count). The van der Waals surface area contributed by atoms with Crippen molar-refractivity contribution in [2.75, 3.05) is 11.9 Å². The van der Waals surface area contributed by atoms with Gasteiger partial charge < -0.3 is 9.42 Å². The summed E-state index contributed by atoms with van der Waals surface area (Å²) in [5.41, 5.74) is 0.898. The summed E-state index contributed by atoms with van der Waals surface area (Å²) >= 11 is 0. The molecule has 1 aromatic carbocycles. The number of nitrogens with one attached hydrogen (secondary N) is 1. The van der Waals surface area contributed by atoms with Gasteiger partial charge in [0.05, 0.1) is 6.54 Å². The first-order valence-corrected chi connectivity index (χ1v) is 5.77. The van der Waals surface area contributed by atoms with Crippen LogP contribution in [0.3, 0.4) is 0 Å². The van der Waals surface area contributed by atoms with E-state index in [9.17, 15) is 0 Å². The van der Waals surface area contributed by atoms with Crippen LogP contribution < -0.4 is 4.90 Å². The summed E-state index contributed by atoms with van der Waals surface area (Å²) in [4.78, 5) is 10.2. The highest BCUT2D eigenvalue weighted by Crippen LogP contribution is 2.19. The first-order valence-electron chi connectivity index (χ1n) is 5.77. The Labute approximate surface area is 109 Å². The lowest BCUT2D eigenvalue weighted by Gasteiger charge is -2.10. The van der Waals surface area contributed by atoms with Crippen LogP contribution in [-0.4, -0.2) is 32.4 Å². The molecule has 0 radical (unpaired) electrons. The molecule has 0 atom stereocenters. The van der Waals surface area contributed by atoms with E-state index < -0.39 is 0 Å². The Hall–Kier alpha value is -2.70. The summed E-state index contributed by atoms with van der Waals surface area (Å²) in [6, 6.07) is 9.65. The summed E-state index contributed by atoms with van der Waals surface area (Å²) in [5.74, 6) is 1.75. The molecule has 7 nitrogen and oxygen atoms in total. The standard InChI is InChI=1S/C12H12N6O/c1-18(7-10-13-8-14-16-10)12-15-11(19-17-12)9-5-3-2-4-6-9/h2-6,8H,7H2,1H3,(H,13,14,16). The number of benzene rings is 1. The molecule has 0 spiro atoms. The van der Waals surface area contributed by atoms with Gasteiger partial charge in [0.25, 0.3) is 11.8 Å². The van der Waals surface area contributed by atoms with Crippen molar-refractivity contribution < 1.29 is 4.52 Å². The second-order valence-corrected chi connectivity index (χ2v) is 4.05. The van der Waals surface area contributed by atoms with E-state index in [1.165, 1.54) is 6.33 Å². The number of anilines is 1. The molecule has 2 heterocycles. The van der Waals surface area contributed by atoms with Crippen LogP contribution >= 0.6 is 0 Å². The molecule has 19 heavy (non-hydrogen) atoms. The molecule has 0 aliphatic rings. The van der Waals surface area contributed by atoms with Crippen LogP contribution in [-0.2, 0) is 6.54 Å². The Morgan fingerprint density at radius 1 is 1.26 bits per heavy atom. The lowest BCUT2D eigenvalue weighted by molar-refractivity contribution is 0.430. The fourth-order valence-corrected chi connectivity index (χ4v) is 1.67. The zero-order chi connectivity index (χ0) is 13.1. The Morgan fingerprint density at radius 3 is 2.84 bits per heavy atom. The fourth-order valence-electron chi connectivity index (χ4n) is 1.67. The van der Waals surface area contributed by atoms with Gasteiger partial charge in [0.1, 0.15) is 12.2 Å². The maximum absolute atomic E-state index is 5.24. The number of hydrogen-bond acceptors (Lipinski definition) is 6. The molecule has 7 heteroatoms. The number of hydrogen-bond donors (Lipinski definition) is 1. The minimum atomic E-state index is 0.500. The van der Waals surface area contributed by atoms with Gasteiger partial charge in [-0.2, -0.15) is 10.1 Å². The van der Waals surface area contributed by atoms with Gasteiger partial charge in [0.2, 0.25) is 0 Å². The molecular weight excluding hydrogens is 244 g/mol. The van der Waals surface area contributed by atoms with Crippen LogP contribution in [0.2, 0.25) is 0 Å². The monoisotopic (exact) mass is 256 g/mol. The average molecular weight is 256 g/mol. The number of rotatable bonds is 4. The maximum Gasteiger partial charge on any atom is 0.266 e. The van der Waals surface area contributed by atoms with E-state index in [0.29, 0.717) is 18.4 Å². The zero-order valence-corrected chi connectivity index (χ0v) is 10.3. The summed E-state index contributed by atoms with van der Waals surface area (Å²) in [5, 5.41) is 10.5. The van der Waals surface area contributed by atoms with Gasteiger partial charge in [0, 0.05) is 12.6 Å². The predicted molar refractivity (Wildman–Crippen MR) is 68.2 cm³/mol. The first-order chi connectivity index (χ1) is 9.33. The summed E-state index contributed by atoms with van der Waals surface area (Å²) in [7, 11) is 1.86. The van der Waals surface area contributed by atoms with Crippen LogP contribution in [0, 0.1) is 0 Å². The molecule has 3 aromatic rings. The SMILES string of the molecule is CN(Cc1ncn[nH]1)c1noc(-c2ccccc2)n1. The van der Waals surface area contributed by atoms with E-state index >= 15 is 0 Å². The van der Waals surface area contributed by atoms with Crippen molar-refractivity contribution in [3.8, 4) is 11.5 Å². The molecule has 0 aliphatic carbocycles. The van der Waals surface area contributed by atoms with Crippen molar-refractivity contribution in [3.63, 3.8) is 0 Å². The summed E-state index contributed by atoms with van der Waals surface area (Å²) < 4.78 is 5.24. The lowest BCUT2D eigenvalue weighted by Crippen LogP contribution is -2.18. The average Bonchev–Trinajstić information content (AvgIpc) is 3.10. The smallest absolute Gasteiger partial charge is 0.266 e. The second-order valence-electron chi connectivity index (χ2n) is 4.05. The summed E-state index contributed by atoms with van der Waals surface area (Å²) in [6.45, 7) is 0.535. The van der Waals surface area contributed by atoms with Gasteiger partial charge in [-0.15, -0.1) is 0 Å². The third-order valence-electron chi connectivity index (χ3n) is 2.63. The molecule has 0 saturated heterocycles. The maximum atomic E-state index is 5.24. The Kier molecular flexibility index (Phi) is 2.93. The fraction of sp³-hybridized carbons (Fsp3) is 0.167. The molecule has 0 unspecified atom stereocenters. The van der Waals surface area contributed by atoms with Crippen molar-refractivity contribution in [1.82, 2.24) is 25.3 Å². The normalized spacial score (nSPS) is 10.6. The highest BCUT2D eigenvalue weighted by Gasteiger charge is 2.13. The van der Waals surface area contributed by atoms with E-state index in [-0.39, 0.29) is 0 Å². The van der Waals surface area contributed by atoms with Crippen LogP contribution in [0.25, 0.3) is 11.5 Å². The number of aromatic amines is 1. The Bertz CT molecular complexity index is 633. The molecule has 0 aliphatic heterocycles. The van der Waals surface area contributed by atoms with Gasteiger partial charge in [-0.3, -0.25) is 5.10 Å². The largest absolute Gasteiger partial charge is 0.334 e. The van der Waals surface area contributed by atoms with E-state index in [4.69, 9.17) is 4.52 Å². The first kappa shape index (κ1) is 11.4. The van der Waals surface area contributed by atoms with Crippen LogP contribution in [0.5, 0.6) is 0 Å². The molecule has 2 aromatic heterocycles. The van der Waals surface area contributed by atoms with Crippen molar-refractivity contribution in [2.45, 2.75) is 6.54 Å². The molecule has 0 saturated carbocycles. The predicted octanol–water partition coefficient (Wildman–Crippen LogP) is 1.49. The van der Waals surface area contributed by atoms with Crippen molar-refractivity contribution >= 4 is 5.95 Å². The minimum Gasteiger partial charge on any atom is -0.334 e. The third-order valence-corrected chi connectivity index (χ3v) is 2.63. The van der Waals surface area contributed by atoms with Crippen molar-refractivity contribution in [2.24, 2.45) is 0 Å². The lowest BCUT2D eigenvalue weighted by atomic mass is 10.2. The molecule has 0 fully saturated rings. The topological polar surface area (TPSA) is 83.7 Å². The van der Waals surface area contributed by atoms with E-state index in [1.807, 2.05) is 42.3 Å². The Morgan fingerprint density at radius 2 is 2.11 bits per heavy atom. The van der Waals surface area contributed by atoms with E-state index in [0.717, 1.165) is 11.4 Å². The van der Waals surface area contributed by atoms with Crippen LogP contribution in [0.15, 0.2) is 41.2 Å². The highest BCUT2D eigenvalue weighted by molar-refractivity contribution is 5.53. The number of H-pyrrole nitrogens is 1. The number of nitrogens with zero attached hydrogens (tertiary/aromatic N) is 5. The van der Waals surface area contributed by atoms with Crippen molar-refractivity contribution in [3.05, 3.63) is 42.5 Å². The van der Waals surface area contributed by atoms with Gasteiger partial charge >= 0.3 is 0 Å². The second kappa shape index (κ2) is 4.89. The molecular formula is C12H12N6O. The molecule has 1 N–H and O–H groups in total. The molecule has 0 bridgehead atoms. The molecule has 96 valence electrons.